The number of imidazole rings is 1. The molecule has 0 bridgehead atoms. The van der Waals surface area contributed by atoms with E-state index in [-0.39, 0.29) is 17.2 Å². The van der Waals surface area contributed by atoms with Crippen LogP contribution in [0.1, 0.15) is 36.3 Å². The summed E-state index contributed by atoms with van der Waals surface area (Å²) in [7, 11) is 3.48. The molecular formula is C17H26N4O3. The van der Waals surface area contributed by atoms with Crippen LogP contribution >= 0.6 is 0 Å². The van der Waals surface area contributed by atoms with E-state index in [1.54, 1.807) is 24.1 Å². The largest absolute Gasteiger partial charge is 0.383 e. The molecule has 7 nitrogen and oxygen atoms in total. The molecule has 0 unspecified atom stereocenters. The molecular weight excluding hydrogens is 308 g/mol. The Labute approximate surface area is 142 Å². The minimum Gasteiger partial charge on any atom is -0.383 e. The molecule has 0 aliphatic carbocycles. The second kappa shape index (κ2) is 6.93. The minimum atomic E-state index is -0.287. The lowest BCUT2D eigenvalue weighted by Gasteiger charge is -2.46. The van der Waals surface area contributed by atoms with E-state index in [1.807, 2.05) is 16.8 Å². The van der Waals surface area contributed by atoms with Gasteiger partial charge in [0, 0.05) is 52.7 Å². The van der Waals surface area contributed by atoms with Crippen molar-refractivity contribution in [1.29, 1.82) is 0 Å². The summed E-state index contributed by atoms with van der Waals surface area (Å²) in [5.74, 6) is 0.661. The molecule has 2 aliphatic heterocycles. The molecule has 0 aromatic carbocycles. The number of hydrogen-bond donors (Lipinski definition) is 0. The summed E-state index contributed by atoms with van der Waals surface area (Å²) < 4.78 is 6.85. The predicted molar refractivity (Wildman–Crippen MR) is 88.5 cm³/mol. The number of rotatable bonds is 4. The zero-order valence-corrected chi connectivity index (χ0v) is 14.5. The van der Waals surface area contributed by atoms with Gasteiger partial charge in [0.2, 0.25) is 5.91 Å². The molecule has 3 rings (SSSR count). The number of aryl methyl sites for hydroxylation is 1. The van der Waals surface area contributed by atoms with Crippen LogP contribution in [0.4, 0.5) is 0 Å². The third-order valence-corrected chi connectivity index (χ3v) is 5.41. The van der Waals surface area contributed by atoms with Gasteiger partial charge in [0.15, 0.2) is 5.82 Å². The number of carbonyl (C=O) groups excluding carboxylic acids is 2. The maximum absolute atomic E-state index is 12.9. The van der Waals surface area contributed by atoms with Gasteiger partial charge in [-0.2, -0.15) is 0 Å². The van der Waals surface area contributed by atoms with E-state index in [0.717, 1.165) is 32.2 Å². The van der Waals surface area contributed by atoms with Gasteiger partial charge in [0.25, 0.3) is 5.91 Å². The van der Waals surface area contributed by atoms with Crippen LogP contribution < -0.4 is 0 Å². The van der Waals surface area contributed by atoms with Gasteiger partial charge < -0.3 is 19.1 Å². The molecule has 2 saturated heterocycles. The van der Waals surface area contributed by atoms with E-state index < -0.39 is 0 Å². The molecule has 24 heavy (non-hydrogen) atoms. The monoisotopic (exact) mass is 334 g/mol. The highest BCUT2D eigenvalue weighted by molar-refractivity contribution is 5.91. The number of carbonyl (C=O) groups is 2. The first-order valence-corrected chi connectivity index (χ1v) is 8.62. The van der Waals surface area contributed by atoms with E-state index in [4.69, 9.17) is 4.74 Å². The smallest absolute Gasteiger partial charge is 0.289 e. The molecule has 7 heteroatoms. The van der Waals surface area contributed by atoms with Crippen molar-refractivity contribution in [2.75, 3.05) is 39.9 Å². The van der Waals surface area contributed by atoms with Crippen LogP contribution in [0.15, 0.2) is 12.4 Å². The van der Waals surface area contributed by atoms with Crippen molar-refractivity contribution >= 4 is 11.8 Å². The number of amides is 2. The highest BCUT2D eigenvalue weighted by atomic mass is 16.5. The lowest BCUT2D eigenvalue weighted by atomic mass is 9.71. The van der Waals surface area contributed by atoms with Crippen LogP contribution in [0, 0.1) is 5.41 Å². The molecule has 0 saturated carbocycles. The van der Waals surface area contributed by atoms with E-state index in [1.165, 1.54) is 0 Å². The topological polar surface area (TPSA) is 67.7 Å². The van der Waals surface area contributed by atoms with Crippen molar-refractivity contribution in [1.82, 2.24) is 19.4 Å². The van der Waals surface area contributed by atoms with Gasteiger partial charge >= 0.3 is 0 Å². The number of ether oxygens (including phenoxy) is 1. The van der Waals surface area contributed by atoms with Gasteiger partial charge in [0.05, 0.1) is 12.0 Å². The maximum Gasteiger partial charge on any atom is 0.289 e. The normalized spacial score (nSPS) is 20.7. The Balaban J connectivity index is 1.64. The molecule has 2 aliphatic rings. The molecule has 1 spiro atoms. The Morgan fingerprint density at radius 3 is 2.67 bits per heavy atom. The fourth-order valence-electron chi connectivity index (χ4n) is 3.88. The Hall–Kier alpha value is -1.89. The average Bonchev–Trinajstić information content (AvgIpc) is 3.02. The summed E-state index contributed by atoms with van der Waals surface area (Å²) in [5.41, 5.74) is -0.287. The summed E-state index contributed by atoms with van der Waals surface area (Å²) in [6, 6.07) is 0. The van der Waals surface area contributed by atoms with E-state index in [0.29, 0.717) is 32.1 Å². The summed E-state index contributed by atoms with van der Waals surface area (Å²) in [6.07, 6.45) is 6.85. The van der Waals surface area contributed by atoms with Gasteiger partial charge in [-0.1, -0.05) is 0 Å². The van der Waals surface area contributed by atoms with Crippen LogP contribution in [-0.2, 0) is 16.6 Å². The fourth-order valence-corrected chi connectivity index (χ4v) is 3.88. The summed E-state index contributed by atoms with van der Waals surface area (Å²) in [4.78, 5) is 33.4. The number of nitrogens with zero attached hydrogens (tertiary/aromatic N) is 4. The van der Waals surface area contributed by atoms with Gasteiger partial charge in [-0.05, 0) is 25.7 Å². The van der Waals surface area contributed by atoms with E-state index in [2.05, 4.69) is 4.98 Å². The Morgan fingerprint density at radius 2 is 2.04 bits per heavy atom. The first-order valence-electron chi connectivity index (χ1n) is 8.62. The van der Waals surface area contributed by atoms with Gasteiger partial charge in [-0.3, -0.25) is 9.59 Å². The molecule has 1 aromatic heterocycles. The first kappa shape index (κ1) is 17.0. The molecule has 2 fully saturated rings. The highest BCUT2D eigenvalue weighted by Gasteiger charge is 2.46. The van der Waals surface area contributed by atoms with E-state index >= 15 is 0 Å². The van der Waals surface area contributed by atoms with Crippen molar-refractivity contribution in [3.8, 4) is 0 Å². The molecule has 3 heterocycles. The third-order valence-electron chi connectivity index (χ3n) is 5.41. The summed E-state index contributed by atoms with van der Waals surface area (Å²) >= 11 is 0. The van der Waals surface area contributed by atoms with Crippen molar-refractivity contribution in [3.63, 3.8) is 0 Å². The van der Waals surface area contributed by atoms with Crippen LogP contribution in [-0.4, -0.2) is 71.1 Å². The first-order chi connectivity index (χ1) is 11.6. The van der Waals surface area contributed by atoms with Crippen molar-refractivity contribution in [2.45, 2.75) is 25.7 Å². The Kier molecular flexibility index (Phi) is 4.89. The third kappa shape index (κ3) is 3.05. The van der Waals surface area contributed by atoms with Crippen LogP contribution in [0.2, 0.25) is 0 Å². The zero-order valence-electron chi connectivity index (χ0n) is 14.5. The number of piperidine rings is 2. The molecule has 1 aromatic rings. The van der Waals surface area contributed by atoms with Crippen molar-refractivity contribution in [2.24, 2.45) is 12.5 Å². The SMILES string of the molecule is COCCN1CCCC2(CCN(C(=O)c3nccn3C)CC2)C1=O. The second-order valence-corrected chi connectivity index (χ2v) is 6.82. The van der Waals surface area contributed by atoms with Crippen LogP contribution in [0.25, 0.3) is 0 Å². The lowest BCUT2D eigenvalue weighted by molar-refractivity contribution is -0.150. The van der Waals surface area contributed by atoms with Gasteiger partial charge in [-0.25, -0.2) is 4.98 Å². The number of likely N-dealkylation sites (tertiary alicyclic amines) is 2. The summed E-state index contributed by atoms with van der Waals surface area (Å²) in [5, 5.41) is 0. The average molecular weight is 334 g/mol. The fraction of sp³-hybridized carbons (Fsp3) is 0.706. The number of methoxy groups -OCH3 is 1. The molecule has 132 valence electrons. The second-order valence-electron chi connectivity index (χ2n) is 6.82. The number of aromatic nitrogens is 2. The standard InChI is InChI=1S/C17H26N4O3/c1-19-11-7-18-14(19)15(22)20-9-5-17(6-10-20)4-3-8-21(16(17)23)12-13-24-2/h7,11H,3-6,8-10,12-13H2,1-2H3. The zero-order chi connectivity index (χ0) is 17.2. The van der Waals surface area contributed by atoms with E-state index in [9.17, 15) is 9.59 Å². The van der Waals surface area contributed by atoms with Crippen LogP contribution in [0.3, 0.4) is 0 Å². The lowest BCUT2D eigenvalue weighted by Crippen LogP contribution is -2.55. The van der Waals surface area contributed by atoms with Gasteiger partial charge in [-0.15, -0.1) is 0 Å². The molecule has 0 atom stereocenters. The molecule has 0 N–H and O–H groups in total. The quantitative estimate of drug-likeness (QED) is 0.821. The van der Waals surface area contributed by atoms with Gasteiger partial charge in [0.1, 0.15) is 0 Å². The van der Waals surface area contributed by atoms with Crippen molar-refractivity contribution in [3.05, 3.63) is 18.2 Å². The predicted octanol–water partition coefficient (Wildman–Crippen LogP) is 0.911. The summed E-state index contributed by atoms with van der Waals surface area (Å²) in [6.45, 7) is 3.30. The Bertz CT molecular complexity index is 605. The molecule has 2 amide bonds. The van der Waals surface area contributed by atoms with Crippen molar-refractivity contribution < 1.29 is 14.3 Å². The minimum absolute atomic E-state index is 0.0446. The maximum atomic E-state index is 12.9. The highest BCUT2D eigenvalue weighted by Crippen LogP contribution is 2.41. The number of hydrogen-bond acceptors (Lipinski definition) is 4. The molecule has 0 radical (unpaired) electrons. The van der Waals surface area contributed by atoms with Crippen LogP contribution in [0.5, 0.6) is 0 Å². The Morgan fingerprint density at radius 1 is 1.29 bits per heavy atom.